The van der Waals surface area contributed by atoms with Gasteiger partial charge in [0.25, 0.3) is 0 Å². The molecule has 0 heterocycles. The molecule has 1 aromatic rings. The number of carboxylic acids is 1. The highest BCUT2D eigenvalue weighted by Crippen LogP contribution is 2.33. The van der Waals surface area contributed by atoms with Gasteiger partial charge in [-0.05, 0) is 30.0 Å². The second-order valence-corrected chi connectivity index (χ2v) is 5.23. The van der Waals surface area contributed by atoms with Crippen molar-refractivity contribution in [1.82, 2.24) is 5.32 Å². The van der Waals surface area contributed by atoms with Crippen LogP contribution in [0.4, 0.5) is 4.39 Å². The molecule has 4 nitrogen and oxygen atoms in total. The number of amides is 1. The Bertz CT molecular complexity index is 482. The first-order chi connectivity index (χ1) is 9.56. The summed E-state index contributed by atoms with van der Waals surface area (Å²) in [5.74, 6) is -1.73. The fourth-order valence-electron chi connectivity index (χ4n) is 2.09. The van der Waals surface area contributed by atoms with Crippen molar-refractivity contribution in [2.24, 2.45) is 5.92 Å². The van der Waals surface area contributed by atoms with Crippen molar-refractivity contribution in [3.8, 4) is 0 Å². The number of hydrogen-bond acceptors (Lipinski definition) is 2. The number of carbonyl (C=O) groups excluding carboxylic acids is 1. The summed E-state index contributed by atoms with van der Waals surface area (Å²) in [6.07, 6.45) is 3.71. The first kappa shape index (κ1) is 14.5. The van der Waals surface area contributed by atoms with Crippen molar-refractivity contribution in [3.63, 3.8) is 0 Å². The Morgan fingerprint density at radius 1 is 1.30 bits per heavy atom. The van der Waals surface area contributed by atoms with Crippen LogP contribution in [0.15, 0.2) is 24.3 Å². The van der Waals surface area contributed by atoms with Crippen molar-refractivity contribution in [3.05, 3.63) is 35.6 Å². The minimum Gasteiger partial charge on any atom is -0.481 e. The third kappa shape index (κ3) is 4.33. The van der Waals surface area contributed by atoms with E-state index >= 15 is 0 Å². The second kappa shape index (κ2) is 6.50. The zero-order chi connectivity index (χ0) is 14.5. The third-order valence-corrected chi connectivity index (χ3v) is 3.55. The topological polar surface area (TPSA) is 66.4 Å². The molecule has 1 aliphatic rings. The highest BCUT2D eigenvalue weighted by Gasteiger charge is 2.23. The molecule has 1 unspecified atom stereocenters. The molecule has 0 saturated heterocycles. The minimum absolute atomic E-state index is 0.0322. The predicted octanol–water partition coefficient (Wildman–Crippen LogP) is 2.30. The van der Waals surface area contributed by atoms with Crippen LogP contribution in [0.1, 0.15) is 37.2 Å². The predicted molar refractivity (Wildman–Crippen MR) is 71.7 cm³/mol. The average Bonchev–Trinajstić information content (AvgIpc) is 3.22. The van der Waals surface area contributed by atoms with Crippen LogP contribution in [-0.2, 0) is 9.59 Å². The summed E-state index contributed by atoms with van der Waals surface area (Å²) < 4.78 is 12.8. The number of aliphatic carboxylic acids is 1. The number of rotatable bonds is 7. The molecule has 1 aromatic carbocycles. The summed E-state index contributed by atoms with van der Waals surface area (Å²) in [6.45, 7) is 0.0322. The molecule has 0 bridgehead atoms. The van der Waals surface area contributed by atoms with Gasteiger partial charge in [-0.2, -0.15) is 0 Å². The Balaban J connectivity index is 1.86. The largest absolute Gasteiger partial charge is 0.481 e. The molecule has 1 atom stereocenters. The van der Waals surface area contributed by atoms with E-state index in [0.717, 1.165) is 6.42 Å². The number of hydrogen-bond donors (Lipinski definition) is 2. The molecular weight excluding hydrogens is 261 g/mol. The van der Waals surface area contributed by atoms with Crippen LogP contribution in [0.2, 0.25) is 0 Å². The maximum absolute atomic E-state index is 12.8. The Labute approximate surface area is 117 Å². The Morgan fingerprint density at radius 3 is 2.50 bits per heavy atom. The summed E-state index contributed by atoms with van der Waals surface area (Å²) in [7, 11) is 0. The van der Waals surface area contributed by atoms with Gasteiger partial charge in [0.1, 0.15) is 5.82 Å². The molecule has 1 fully saturated rings. The van der Waals surface area contributed by atoms with Crippen molar-refractivity contribution in [1.29, 1.82) is 0 Å². The lowest BCUT2D eigenvalue weighted by Gasteiger charge is -2.14. The van der Waals surface area contributed by atoms with Crippen LogP contribution in [0.25, 0.3) is 0 Å². The molecule has 2 rings (SSSR count). The molecule has 1 aliphatic carbocycles. The van der Waals surface area contributed by atoms with E-state index in [1.54, 1.807) is 0 Å². The van der Waals surface area contributed by atoms with Gasteiger partial charge in [0.05, 0.1) is 5.92 Å². The van der Waals surface area contributed by atoms with E-state index in [1.807, 2.05) is 0 Å². The molecule has 5 heteroatoms. The van der Waals surface area contributed by atoms with Crippen LogP contribution in [-0.4, -0.2) is 23.5 Å². The van der Waals surface area contributed by atoms with E-state index in [1.165, 1.54) is 37.1 Å². The molecule has 1 amide bonds. The lowest BCUT2D eigenvalue weighted by molar-refractivity contribution is -0.138. The summed E-state index contributed by atoms with van der Waals surface area (Å²) in [5.41, 5.74) is 0.487. The van der Waals surface area contributed by atoms with Gasteiger partial charge in [0.2, 0.25) is 5.91 Å². The van der Waals surface area contributed by atoms with Crippen molar-refractivity contribution in [2.45, 2.75) is 31.6 Å². The van der Waals surface area contributed by atoms with E-state index in [2.05, 4.69) is 5.32 Å². The molecule has 20 heavy (non-hydrogen) atoms. The summed E-state index contributed by atoms with van der Waals surface area (Å²) in [4.78, 5) is 22.9. The zero-order valence-corrected chi connectivity index (χ0v) is 11.1. The lowest BCUT2D eigenvalue weighted by Crippen LogP contribution is -2.31. The SMILES string of the molecule is O=C(CCC1CC1)NCC(C(=O)O)c1ccc(F)cc1. The summed E-state index contributed by atoms with van der Waals surface area (Å²) in [6, 6.07) is 5.31. The fraction of sp³-hybridized carbons (Fsp3) is 0.467. The number of carbonyl (C=O) groups is 2. The van der Waals surface area contributed by atoms with Gasteiger partial charge in [-0.25, -0.2) is 4.39 Å². The molecule has 0 spiro atoms. The molecule has 0 radical (unpaired) electrons. The van der Waals surface area contributed by atoms with Gasteiger partial charge in [-0.3, -0.25) is 9.59 Å². The van der Waals surface area contributed by atoms with Crippen molar-refractivity contribution >= 4 is 11.9 Å². The van der Waals surface area contributed by atoms with Crippen molar-refractivity contribution < 1.29 is 19.1 Å². The van der Waals surface area contributed by atoms with Crippen LogP contribution < -0.4 is 5.32 Å². The van der Waals surface area contributed by atoms with Gasteiger partial charge in [-0.1, -0.05) is 25.0 Å². The summed E-state index contributed by atoms with van der Waals surface area (Å²) in [5, 5.41) is 11.8. The first-order valence-electron chi connectivity index (χ1n) is 6.81. The minimum atomic E-state index is -1.03. The highest BCUT2D eigenvalue weighted by molar-refractivity contribution is 5.79. The number of benzene rings is 1. The van der Waals surface area contributed by atoms with E-state index in [4.69, 9.17) is 0 Å². The highest BCUT2D eigenvalue weighted by atomic mass is 19.1. The van der Waals surface area contributed by atoms with E-state index in [9.17, 15) is 19.1 Å². The summed E-state index contributed by atoms with van der Waals surface area (Å²) >= 11 is 0. The van der Waals surface area contributed by atoms with Crippen LogP contribution in [0.3, 0.4) is 0 Å². The molecule has 108 valence electrons. The van der Waals surface area contributed by atoms with E-state index < -0.39 is 17.7 Å². The quantitative estimate of drug-likeness (QED) is 0.805. The van der Waals surface area contributed by atoms with Gasteiger partial charge >= 0.3 is 5.97 Å². The zero-order valence-electron chi connectivity index (χ0n) is 11.1. The van der Waals surface area contributed by atoms with E-state index in [-0.39, 0.29) is 12.5 Å². The molecular formula is C15H18FNO3. The molecule has 1 saturated carbocycles. The van der Waals surface area contributed by atoms with Crippen LogP contribution in [0, 0.1) is 11.7 Å². The smallest absolute Gasteiger partial charge is 0.312 e. The number of carboxylic acid groups (broad SMARTS) is 1. The Hall–Kier alpha value is -1.91. The van der Waals surface area contributed by atoms with Gasteiger partial charge < -0.3 is 10.4 Å². The normalized spacial score (nSPS) is 15.7. The molecule has 0 aliphatic heterocycles. The molecule has 2 N–H and O–H groups in total. The Morgan fingerprint density at radius 2 is 1.95 bits per heavy atom. The third-order valence-electron chi connectivity index (χ3n) is 3.55. The monoisotopic (exact) mass is 279 g/mol. The Kier molecular flexibility index (Phi) is 4.71. The van der Waals surface area contributed by atoms with Gasteiger partial charge in [0, 0.05) is 13.0 Å². The average molecular weight is 279 g/mol. The second-order valence-electron chi connectivity index (χ2n) is 5.23. The van der Waals surface area contributed by atoms with Crippen LogP contribution >= 0.6 is 0 Å². The van der Waals surface area contributed by atoms with Crippen LogP contribution in [0.5, 0.6) is 0 Å². The van der Waals surface area contributed by atoms with E-state index in [0.29, 0.717) is 17.9 Å². The standard InChI is InChI=1S/C15H18FNO3/c16-12-6-4-11(5-7-12)13(15(19)20)9-17-14(18)8-3-10-1-2-10/h4-7,10,13H,1-3,8-9H2,(H,17,18)(H,19,20). The molecule has 0 aromatic heterocycles. The fourth-order valence-corrected chi connectivity index (χ4v) is 2.09. The first-order valence-corrected chi connectivity index (χ1v) is 6.81. The maximum Gasteiger partial charge on any atom is 0.312 e. The van der Waals surface area contributed by atoms with Gasteiger partial charge in [0.15, 0.2) is 0 Å². The lowest BCUT2D eigenvalue weighted by atomic mass is 9.99. The maximum atomic E-state index is 12.8. The van der Waals surface area contributed by atoms with Gasteiger partial charge in [-0.15, -0.1) is 0 Å². The number of nitrogens with one attached hydrogen (secondary N) is 1. The number of halogens is 1. The van der Waals surface area contributed by atoms with Crippen molar-refractivity contribution in [2.75, 3.05) is 6.54 Å².